The largest absolute Gasteiger partial charge is 0.490 e. The highest BCUT2D eigenvalue weighted by Crippen LogP contribution is 2.38. The number of hydrogen-bond acceptors (Lipinski definition) is 3. The van der Waals surface area contributed by atoms with E-state index in [-0.39, 0.29) is 0 Å². The molecular formula is C15H20BrNO2. The molecule has 0 radical (unpaired) electrons. The number of rotatable bonds is 5. The molecule has 1 heterocycles. The number of ether oxygens (including phenoxy) is 2. The Labute approximate surface area is 123 Å². The zero-order valence-electron chi connectivity index (χ0n) is 11.2. The molecule has 2 rings (SSSR count). The lowest BCUT2D eigenvalue weighted by molar-refractivity contribution is 0.296. The lowest BCUT2D eigenvalue weighted by Gasteiger charge is -2.14. The zero-order chi connectivity index (χ0) is 13.7. The Morgan fingerprint density at radius 3 is 3.00 bits per heavy atom. The van der Waals surface area contributed by atoms with E-state index in [1.807, 2.05) is 6.08 Å². The molecule has 1 N–H and O–H groups in total. The van der Waals surface area contributed by atoms with E-state index >= 15 is 0 Å². The molecule has 1 atom stereocenters. The highest BCUT2D eigenvalue weighted by atomic mass is 79.9. The summed E-state index contributed by atoms with van der Waals surface area (Å²) < 4.78 is 12.4. The molecule has 3 nitrogen and oxygen atoms in total. The van der Waals surface area contributed by atoms with Gasteiger partial charge in [0, 0.05) is 19.0 Å². The summed E-state index contributed by atoms with van der Waals surface area (Å²) in [5.41, 5.74) is 1.19. The average molecular weight is 326 g/mol. The van der Waals surface area contributed by atoms with E-state index in [2.05, 4.69) is 46.9 Å². The van der Waals surface area contributed by atoms with Gasteiger partial charge in [0.1, 0.15) is 0 Å². The lowest BCUT2D eigenvalue weighted by Crippen LogP contribution is -2.24. The first-order valence-corrected chi connectivity index (χ1v) is 7.42. The molecule has 0 amide bonds. The Bertz CT molecular complexity index is 448. The van der Waals surface area contributed by atoms with Crippen LogP contribution in [-0.4, -0.2) is 19.3 Å². The third kappa shape index (κ3) is 3.98. The van der Waals surface area contributed by atoms with Crippen LogP contribution in [0.15, 0.2) is 29.3 Å². The minimum Gasteiger partial charge on any atom is -0.490 e. The predicted molar refractivity (Wildman–Crippen MR) is 80.9 cm³/mol. The SMILES string of the molecule is C=CCC(C)NCc1cc(Br)c2c(c1)OCCCO2. The molecule has 0 aromatic heterocycles. The van der Waals surface area contributed by atoms with Crippen LogP contribution in [0.25, 0.3) is 0 Å². The summed E-state index contributed by atoms with van der Waals surface area (Å²) in [6, 6.07) is 4.56. The van der Waals surface area contributed by atoms with Gasteiger partial charge in [-0.1, -0.05) is 6.08 Å². The summed E-state index contributed by atoms with van der Waals surface area (Å²) in [5.74, 6) is 1.65. The first kappa shape index (κ1) is 14.4. The summed E-state index contributed by atoms with van der Waals surface area (Å²) in [7, 11) is 0. The van der Waals surface area contributed by atoms with Gasteiger partial charge in [0.2, 0.25) is 0 Å². The van der Waals surface area contributed by atoms with E-state index in [9.17, 15) is 0 Å². The Hall–Kier alpha value is -1.00. The molecule has 0 bridgehead atoms. The fourth-order valence-electron chi connectivity index (χ4n) is 2.01. The first-order valence-electron chi connectivity index (χ1n) is 6.63. The minimum absolute atomic E-state index is 0.423. The van der Waals surface area contributed by atoms with Crippen molar-refractivity contribution in [3.05, 3.63) is 34.8 Å². The zero-order valence-corrected chi connectivity index (χ0v) is 12.8. The highest BCUT2D eigenvalue weighted by Gasteiger charge is 2.15. The van der Waals surface area contributed by atoms with Gasteiger partial charge in [-0.25, -0.2) is 0 Å². The smallest absolute Gasteiger partial charge is 0.175 e. The summed E-state index contributed by atoms with van der Waals surface area (Å²) in [5, 5.41) is 3.46. The second-order valence-electron chi connectivity index (χ2n) is 4.76. The predicted octanol–water partition coefficient (Wildman–Crippen LogP) is 3.66. The molecule has 0 aliphatic carbocycles. The summed E-state index contributed by atoms with van der Waals surface area (Å²) in [6.07, 6.45) is 3.82. The summed E-state index contributed by atoms with van der Waals surface area (Å²) in [4.78, 5) is 0. The van der Waals surface area contributed by atoms with E-state index in [1.165, 1.54) is 5.56 Å². The summed E-state index contributed by atoms with van der Waals surface area (Å²) >= 11 is 3.56. The maximum Gasteiger partial charge on any atom is 0.175 e. The van der Waals surface area contributed by atoms with Crippen molar-refractivity contribution in [1.29, 1.82) is 0 Å². The fourth-order valence-corrected chi connectivity index (χ4v) is 2.62. The fraction of sp³-hybridized carbons (Fsp3) is 0.467. The van der Waals surface area contributed by atoms with Crippen LogP contribution in [-0.2, 0) is 6.54 Å². The molecule has 1 aliphatic rings. The van der Waals surface area contributed by atoms with E-state index in [4.69, 9.17) is 9.47 Å². The van der Waals surface area contributed by atoms with E-state index in [1.54, 1.807) is 0 Å². The minimum atomic E-state index is 0.423. The molecular weight excluding hydrogens is 306 g/mol. The van der Waals surface area contributed by atoms with Gasteiger partial charge in [-0.3, -0.25) is 0 Å². The summed E-state index contributed by atoms with van der Waals surface area (Å²) in [6.45, 7) is 8.14. The number of fused-ring (bicyclic) bond motifs is 1. The van der Waals surface area contributed by atoms with Crippen LogP contribution in [0.3, 0.4) is 0 Å². The number of benzene rings is 1. The van der Waals surface area contributed by atoms with Gasteiger partial charge in [0.15, 0.2) is 11.5 Å². The highest BCUT2D eigenvalue weighted by molar-refractivity contribution is 9.10. The second-order valence-corrected chi connectivity index (χ2v) is 5.62. The molecule has 104 valence electrons. The van der Waals surface area contributed by atoms with Crippen molar-refractivity contribution in [2.45, 2.75) is 32.4 Å². The molecule has 0 saturated carbocycles. The van der Waals surface area contributed by atoms with Crippen molar-refractivity contribution in [1.82, 2.24) is 5.32 Å². The van der Waals surface area contributed by atoms with Crippen LogP contribution in [0.2, 0.25) is 0 Å². The standard InChI is InChI=1S/C15H20BrNO2/c1-3-5-11(2)17-10-12-8-13(16)15-14(9-12)18-6-4-7-19-15/h3,8-9,11,17H,1,4-7,10H2,2H3. The van der Waals surface area contributed by atoms with Gasteiger partial charge in [-0.2, -0.15) is 0 Å². The average Bonchev–Trinajstić information content (AvgIpc) is 2.62. The van der Waals surface area contributed by atoms with E-state index in [0.717, 1.165) is 35.4 Å². The molecule has 0 spiro atoms. The molecule has 1 aliphatic heterocycles. The van der Waals surface area contributed by atoms with Gasteiger partial charge < -0.3 is 14.8 Å². The molecule has 1 unspecified atom stereocenters. The molecule has 1 aromatic rings. The van der Waals surface area contributed by atoms with Gasteiger partial charge in [-0.05, 0) is 47.0 Å². The monoisotopic (exact) mass is 325 g/mol. The van der Waals surface area contributed by atoms with Gasteiger partial charge >= 0.3 is 0 Å². The number of hydrogen-bond donors (Lipinski definition) is 1. The van der Waals surface area contributed by atoms with Crippen molar-refractivity contribution < 1.29 is 9.47 Å². The topological polar surface area (TPSA) is 30.5 Å². The van der Waals surface area contributed by atoms with E-state index < -0.39 is 0 Å². The molecule has 19 heavy (non-hydrogen) atoms. The van der Waals surface area contributed by atoms with Crippen molar-refractivity contribution in [3.63, 3.8) is 0 Å². The van der Waals surface area contributed by atoms with Crippen molar-refractivity contribution in [2.24, 2.45) is 0 Å². The quantitative estimate of drug-likeness (QED) is 0.838. The van der Waals surface area contributed by atoms with Crippen LogP contribution in [0.1, 0.15) is 25.3 Å². The maximum atomic E-state index is 5.73. The van der Waals surface area contributed by atoms with Crippen LogP contribution >= 0.6 is 15.9 Å². The third-order valence-corrected chi connectivity index (χ3v) is 3.63. The second kappa shape index (κ2) is 6.96. The Kier molecular flexibility index (Phi) is 5.28. The molecule has 0 saturated heterocycles. The normalized spacial score (nSPS) is 15.7. The van der Waals surface area contributed by atoms with Gasteiger partial charge in [0.25, 0.3) is 0 Å². The van der Waals surface area contributed by atoms with Crippen molar-refractivity contribution >= 4 is 15.9 Å². The van der Waals surface area contributed by atoms with Crippen LogP contribution < -0.4 is 14.8 Å². The van der Waals surface area contributed by atoms with Crippen LogP contribution in [0, 0.1) is 0 Å². The number of nitrogens with one attached hydrogen (secondary N) is 1. The van der Waals surface area contributed by atoms with E-state index in [0.29, 0.717) is 19.3 Å². The van der Waals surface area contributed by atoms with Gasteiger partial charge in [-0.15, -0.1) is 6.58 Å². The Morgan fingerprint density at radius 1 is 1.42 bits per heavy atom. The number of halogens is 1. The maximum absolute atomic E-state index is 5.73. The van der Waals surface area contributed by atoms with Gasteiger partial charge in [0.05, 0.1) is 17.7 Å². The molecule has 0 fully saturated rings. The molecule has 1 aromatic carbocycles. The Morgan fingerprint density at radius 2 is 2.21 bits per heavy atom. The first-order chi connectivity index (χ1) is 9.20. The van der Waals surface area contributed by atoms with Crippen molar-refractivity contribution in [2.75, 3.05) is 13.2 Å². The van der Waals surface area contributed by atoms with Crippen LogP contribution in [0.4, 0.5) is 0 Å². The molecule has 4 heteroatoms. The Balaban J connectivity index is 2.08. The lowest BCUT2D eigenvalue weighted by atomic mass is 10.1. The third-order valence-electron chi connectivity index (χ3n) is 3.04. The van der Waals surface area contributed by atoms with Crippen LogP contribution in [0.5, 0.6) is 11.5 Å². The van der Waals surface area contributed by atoms with Crippen molar-refractivity contribution in [3.8, 4) is 11.5 Å².